The molecule has 1 N–H and O–H groups in total. The third kappa shape index (κ3) is 5.14. The first-order valence-corrected chi connectivity index (χ1v) is 8.98. The fourth-order valence-electron chi connectivity index (χ4n) is 1.97. The lowest BCUT2D eigenvalue weighted by Gasteiger charge is -2.09. The van der Waals surface area contributed by atoms with Crippen molar-refractivity contribution in [1.29, 1.82) is 0 Å². The molecule has 0 radical (unpaired) electrons. The van der Waals surface area contributed by atoms with Gasteiger partial charge in [-0.15, -0.1) is 0 Å². The van der Waals surface area contributed by atoms with E-state index in [1.807, 2.05) is 13.8 Å². The number of benzene rings is 1. The van der Waals surface area contributed by atoms with Crippen LogP contribution < -0.4 is 4.72 Å². The predicted molar refractivity (Wildman–Crippen MR) is 89.8 cm³/mol. The van der Waals surface area contributed by atoms with E-state index in [1.165, 1.54) is 0 Å². The van der Waals surface area contributed by atoms with Crippen molar-refractivity contribution in [2.75, 3.05) is 6.54 Å². The van der Waals surface area contributed by atoms with Gasteiger partial charge in [0.25, 0.3) is 0 Å². The summed E-state index contributed by atoms with van der Waals surface area (Å²) in [7, 11) is -3.63. The maximum atomic E-state index is 12.2. The molecule has 0 saturated carbocycles. The van der Waals surface area contributed by atoms with E-state index in [0.717, 1.165) is 16.7 Å². The second-order valence-electron chi connectivity index (χ2n) is 5.42. The fourth-order valence-corrected chi connectivity index (χ4v) is 3.09. The summed E-state index contributed by atoms with van der Waals surface area (Å²) in [5.41, 5.74) is 2.70. The lowest BCUT2D eigenvalue weighted by Crippen LogP contribution is -2.26. The third-order valence-corrected chi connectivity index (χ3v) is 4.99. The smallest absolute Gasteiger partial charge is 0.307 e. The second kappa shape index (κ2) is 8.03. The first-order valence-electron chi connectivity index (χ1n) is 7.50. The number of carbonyl (C=O) groups excluding carboxylic acids is 1. The molecule has 0 atom stereocenters. The molecule has 128 valence electrons. The van der Waals surface area contributed by atoms with Gasteiger partial charge >= 0.3 is 5.97 Å². The Kier molecular flexibility index (Phi) is 6.05. The number of hydrogen-bond donors (Lipinski definition) is 1. The number of sulfonamides is 1. The van der Waals surface area contributed by atoms with Crippen LogP contribution in [0.4, 0.5) is 0 Å². The van der Waals surface area contributed by atoms with Crippen molar-refractivity contribution in [2.45, 2.75) is 31.8 Å². The number of esters is 1. The minimum atomic E-state index is -3.63. The topological polar surface area (TPSA) is 85.4 Å². The number of nitrogens with zero attached hydrogens (tertiary/aromatic N) is 1. The zero-order valence-corrected chi connectivity index (χ0v) is 14.5. The molecule has 0 unspecified atom stereocenters. The summed E-state index contributed by atoms with van der Waals surface area (Å²) in [4.78, 5) is 15.8. The SMILES string of the molecule is Cc1ccc(S(=O)(=O)NCCC(=O)OCc2cccnc2)cc1C. The van der Waals surface area contributed by atoms with Gasteiger partial charge < -0.3 is 4.74 Å². The standard InChI is InChI=1S/C17H20N2O4S/c1-13-5-6-16(10-14(13)2)24(21,22)19-9-7-17(20)23-12-15-4-3-8-18-11-15/h3-6,8,10-11,19H,7,9,12H2,1-2H3. The second-order valence-corrected chi connectivity index (χ2v) is 7.18. The van der Waals surface area contributed by atoms with Crippen molar-refractivity contribution in [3.63, 3.8) is 0 Å². The van der Waals surface area contributed by atoms with Gasteiger partial charge in [0.2, 0.25) is 10.0 Å². The summed E-state index contributed by atoms with van der Waals surface area (Å²) in [5, 5.41) is 0. The molecular formula is C17H20N2O4S. The Morgan fingerprint density at radius 2 is 2.00 bits per heavy atom. The average Bonchev–Trinajstić information content (AvgIpc) is 2.56. The molecule has 24 heavy (non-hydrogen) atoms. The minimum Gasteiger partial charge on any atom is -0.461 e. The number of rotatable bonds is 7. The minimum absolute atomic E-state index is 0.0128. The number of ether oxygens (including phenoxy) is 1. The monoisotopic (exact) mass is 348 g/mol. The zero-order chi connectivity index (χ0) is 17.6. The van der Waals surface area contributed by atoms with Crippen LogP contribution >= 0.6 is 0 Å². The number of aryl methyl sites for hydroxylation is 2. The average molecular weight is 348 g/mol. The largest absolute Gasteiger partial charge is 0.461 e. The fraction of sp³-hybridized carbons (Fsp3) is 0.294. The van der Waals surface area contributed by atoms with Crippen LogP contribution in [0.5, 0.6) is 0 Å². The van der Waals surface area contributed by atoms with E-state index in [1.54, 1.807) is 42.7 Å². The Hall–Kier alpha value is -2.25. The molecule has 0 bridgehead atoms. The normalized spacial score (nSPS) is 11.2. The quantitative estimate of drug-likeness (QED) is 0.775. The highest BCUT2D eigenvalue weighted by Gasteiger charge is 2.15. The Balaban J connectivity index is 1.82. The van der Waals surface area contributed by atoms with Gasteiger partial charge in [-0.1, -0.05) is 12.1 Å². The Morgan fingerprint density at radius 3 is 2.67 bits per heavy atom. The van der Waals surface area contributed by atoms with E-state index < -0.39 is 16.0 Å². The summed E-state index contributed by atoms with van der Waals surface area (Å²) in [6.07, 6.45) is 3.20. The molecule has 0 aliphatic carbocycles. The first-order chi connectivity index (χ1) is 11.4. The molecule has 2 aromatic rings. The summed E-state index contributed by atoms with van der Waals surface area (Å²) < 4.78 is 31.8. The summed E-state index contributed by atoms with van der Waals surface area (Å²) in [5.74, 6) is -0.471. The van der Waals surface area contributed by atoms with E-state index in [0.29, 0.717) is 0 Å². The lowest BCUT2D eigenvalue weighted by atomic mass is 10.1. The van der Waals surface area contributed by atoms with Gasteiger partial charge in [0.1, 0.15) is 6.61 Å². The van der Waals surface area contributed by atoms with E-state index in [4.69, 9.17) is 4.74 Å². The van der Waals surface area contributed by atoms with Crippen molar-refractivity contribution in [3.8, 4) is 0 Å². The predicted octanol–water partition coefficient (Wildman–Crippen LogP) is 2.11. The summed E-state index contributed by atoms with van der Waals surface area (Å²) >= 11 is 0. The van der Waals surface area contributed by atoms with Gasteiger partial charge in [-0.2, -0.15) is 0 Å². The highest BCUT2D eigenvalue weighted by Crippen LogP contribution is 2.14. The number of carbonyl (C=O) groups is 1. The Morgan fingerprint density at radius 1 is 1.21 bits per heavy atom. The summed E-state index contributed by atoms with van der Waals surface area (Å²) in [6.45, 7) is 3.87. The number of aromatic nitrogens is 1. The van der Waals surface area contributed by atoms with Crippen LogP contribution in [0, 0.1) is 13.8 Å². The van der Waals surface area contributed by atoms with E-state index >= 15 is 0 Å². The molecular weight excluding hydrogens is 328 g/mol. The molecule has 0 aliphatic heterocycles. The molecule has 7 heteroatoms. The van der Waals surface area contributed by atoms with E-state index in [2.05, 4.69) is 9.71 Å². The van der Waals surface area contributed by atoms with Crippen molar-refractivity contribution in [3.05, 3.63) is 59.4 Å². The number of pyridine rings is 1. The van der Waals surface area contributed by atoms with E-state index in [9.17, 15) is 13.2 Å². The van der Waals surface area contributed by atoms with Gasteiger partial charge in [0.05, 0.1) is 11.3 Å². The lowest BCUT2D eigenvalue weighted by molar-refractivity contribution is -0.144. The van der Waals surface area contributed by atoms with Crippen molar-refractivity contribution in [2.24, 2.45) is 0 Å². The molecule has 1 aromatic carbocycles. The van der Waals surface area contributed by atoms with Crippen LogP contribution in [0.15, 0.2) is 47.6 Å². The molecule has 2 rings (SSSR count). The van der Waals surface area contributed by atoms with Crippen LogP contribution in [0.3, 0.4) is 0 Å². The van der Waals surface area contributed by atoms with Gasteiger partial charge in [-0.05, 0) is 43.2 Å². The maximum absolute atomic E-state index is 12.2. The number of hydrogen-bond acceptors (Lipinski definition) is 5. The molecule has 0 aliphatic rings. The van der Waals surface area contributed by atoms with Gasteiger partial charge in [0, 0.05) is 24.5 Å². The Labute approximate surface area is 141 Å². The van der Waals surface area contributed by atoms with Crippen molar-refractivity contribution < 1.29 is 17.9 Å². The first kappa shape index (κ1) is 18.1. The van der Waals surface area contributed by atoms with Gasteiger partial charge in [-0.25, -0.2) is 13.1 Å². The van der Waals surface area contributed by atoms with Crippen LogP contribution in [0.2, 0.25) is 0 Å². The molecule has 0 spiro atoms. The summed E-state index contributed by atoms with van der Waals surface area (Å²) in [6, 6.07) is 8.46. The molecule has 1 heterocycles. The molecule has 0 saturated heterocycles. The maximum Gasteiger partial charge on any atom is 0.307 e. The highest BCUT2D eigenvalue weighted by molar-refractivity contribution is 7.89. The van der Waals surface area contributed by atoms with E-state index in [-0.39, 0.29) is 24.5 Å². The molecule has 6 nitrogen and oxygen atoms in total. The third-order valence-electron chi connectivity index (χ3n) is 3.53. The molecule has 0 fully saturated rings. The highest BCUT2D eigenvalue weighted by atomic mass is 32.2. The van der Waals surface area contributed by atoms with Crippen LogP contribution in [-0.4, -0.2) is 25.9 Å². The molecule has 0 amide bonds. The number of nitrogens with one attached hydrogen (secondary N) is 1. The van der Waals surface area contributed by atoms with Gasteiger partial charge in [0.15, 0.2) is 0 Å². The Bertz CT molecular complexity index is 805. The zero-order valence-electron chi connectivity index (χ0n) is 13.7. The molecule has 1 aromatic heterocycles. The van der Waals surface area contributed by atoms with Crippen LogP contribution in [0.1, 0.15) is 23.1 Å². The van der Waals surface area contributed by atoms with Crippen molar-refractivity contribution in [1.82, 2.24) is 9.71 Å². The van der Waals surface area contributed by atoms with Gasteiger partial charge in [-0.3, -0.25) is 9.78 Å². The van der Waals surface area contributed by atoms with Crippen LogP contribution in [0.25, 0.3) is 0 Å². The van der Waals surface area contributed by atoms with Crippen LogP contribution in [-0.2, 0) is 26.2 Å². The van der Waals surface area contributed by atoms with Crippen molar-refractivity contribution >= 4 is 16.0 Å².